The summed E-state index contributed by atoms with van der Waals surface area (Å²) in [6, 6.07) is 7.31. The minimum atomic E-state index is -0.221. The molecule has 3 aromatic rings. The fraction of sp³-hybridized carbons (Fsp3) is 0.263. The first kappa shape index (κ1) is 18.5. The number of aryl methyl sites for hydroxylation is 3. The summed E-state index contributed by atoms with van der Waals surface area (Å²) in [7, 11) is 0. The number of nitrogens with zero attached hydrogens (tertiary/aromatic N) is 1. The number of aromatic nitrogens is 1. The number of hydrogen-bond acceptors (Lipinski definition) is 5. The molecule has 1 amide bonds. The first-order valence-corrected chi connectivity index (χ1v) is 9.35. The highest BCUT2D eigenvalue weighted by atomic mass is 35.5. The number of benzene rings is 1. The molecule has 3 rings (SSSR count). The summed E-state index contributed by atoms with van der Waals surface area (Å²) in [5.74, 6) is 1.82. The summed E-state index contributed by atoms with van der Waals surface area (Å²) in [6.45, 7) is 5.97. The van der Waals surface area contributed by atoms with Crippen molar-refractivity contribution in [1.82, 2.24) is 10.3 Å². The summed E-state index contributed by atoms with van der Waals surface area (Å²) in [4.78, 5) is 16.4. The van der Waals surface area contributed by atoms with Gasteiger partial charge < -0.3 is 14.5 Å². The first-order chi connectivity index (χ1) is 12.4. The van der Waals surface area contributed by atoms with E-state index in [9.17, 15) is 4.79 Å². The van der Waals surface area contributed by atoms with Crippen molar-refractivity contribution in [2.24, 2.45) is 0 Å². The number of carbonyl (C=O) groups is 1. The van der Waals surface area contributed by atoms with Crippen molar-refractivity contribution in [1.29, 1.82) is 0 Å². The topological polar surface area (TPSA) is 64.4 Å². The van der Waals surface area contributed by atoms with E-state index in [1.165, 1.54) is 0 Å². The molecule has 0 radical (unpaired) electrons. The van der Waals surface area contributed by atoms with Crippen LogP contribution in [-0.4, -0.2) is 17.5 Å². The van der Waals surface area contributed by atoms with Gasteiger partial charge >= 0.3 is 0 Å². The molecule has 136 valence electrons. The first-order valence-electron chi connectivity index (χ1n) is 8.10. The Morgan fingerprint density at radius 2 is 2.00 bits per heavy atom. The van der Waals surface area contributed by atoms with Crippen LogP contribution in [-0.2, 0) is 11.3 Å². The van der Waals surface area contributed by atoms with Crippen LogP contribution >= 0.6 is 22.9 Å². The number of furan rings is 1. The van der Waals surface area contributed by atoms with Crippen molar-refractivity contribution in [2.75, 3.05) is 6.61 Å². The normalized spacial score (nSPS) is 10.8. The lowest BCUT2D eigenvalue weighted by molar-refractivity contribution is -0.123. The van der Waals surface area contributed by atoms with Gasteiger partial charge in [-0.15, -0.1) is 11.3 Å². The minimum Gasteiger partial charge on any atom is -0.483 e. The predicted molar refractivity (Wildman–Crippen MR) is 103 cm³/mol. The zero-order chi connectivity index (χ0) is 18.7. The molecule has 7 heteroatoms. The van der Waals surface area contributed by atoms with Gasteiger partial charge in [-0.2, -0.15) is 0 Å². The molecular formula is C19H19ClN2O3S. The van der Waals surface area contributed by atoms with E-state index in [0.29, 0.717) is 28.8 Å². The number of thiazole rings is 1. The molecule has 2 heterocycles. The van der Waals surface area contributed by atoms with Gasteiger partial charge in [0.05, 0.1) is 11.6 Å². The number of amides is 1. The van der Waals surface area contributed by atoms with Gasteiger partial charge in [0.15, 0.2) is 12.4 Å². The summed E-state index contributed by atoms with van der Waals surface area (Å²) < 4.78 is 11.4. The lowest BCUT2D eigenvalue weighted by Crippen LogP contribution is -2.28. The molecule has 1 N–H and O–H groups in total. The van der Waals surface area contributed by atoms with E-state index in [4.69, 9.17) is 20.8 Å². The summed E-state index contributed by atoms with van der Waals surface area (Å²) >= 11 is 7.57. The van der Waals surface area contributed by atoms with E-state index in [0.717, 1.165) is 21.8 Å². The van der Waals surface area contributed by atoms with Gasteiger partial charge in [0.1, 0.15) is 17.2 Å². The second-order valence-corrected chi connectivity index (χ2v) is 7.45. The lowest BCUT2D eigenvalue weighted by atomic mass is 10.1. The molecule has 0 atom stereocenters. The van der Waals surface area contributed by atoms with Crippen molar-refractivity contribution >= 4 is 28.8 Å². The van der Waals surface area contributed by atoms with Crippen molar-refractivity contribution in [2.45, 2.75) is 27.3 Å². The molecule has 0 bridgehead atoms. The zero-order valence-electron chi connectivity index (χ0n) is 14.8. The lowest BCUT2D eigenvalue weighted by Gasteiger charge is -2.12. The Kier molecular flexibility index (Phi) is 5.64. The third-order valence-electron chi connectivity index (χ3n) is 3.77. The molecule has 0 spiro atoms. The largest absolute Gasteiger partial charge is 0.483 e. The van der Waals surface area contributed by atoms with E-state index in [-0.39, 0.29) is 12.5 Å². The van der Waals surface area contributed by atoms with E-state index in [1.807, 2.05) is 50.4 Å². The molecule has 0 fully saturated rings. The number of nitrogens with one attached hydrogen (secondary N) is 1. The van der Waals surface area contributed by atoms with Crippen LogP contribution in [0.3, 0.4) is 0 Å². The van der Waals surface area contributed by atoms with Gasteiger partial charge in [-0.3, -0.25) is 4.79 Å². The van der Waals surface area contributed by atoms with Crippen LogP contribution in [0.1, 0.15) is 21.9 Å². The van der Waals surface area contributed by atoms with Gasteiger partial charge in [-0.05, 0) is 56.2 Å². The van der Waals surface area contributed by atoms with E-state index in [2.05, 4.69) is 10.3 Å². The van der Waals surface area contributed by atoms with Crippen LogP contribution in [0.2, 0.25) is 5.02 Å². The van der Waals surface area contributed by atoms with Crippen molar-refractivity contribution in [3.63, 3.8) is 0 Å². The van der Waals surface area contributed by atoms with E-state index < -0.39 is 0 Å². The average molecular weight is 391 g/mol. The monoisotopic (exact) mass is 390 g/mol. The van der Waals surface area contributed by atoms with Crippen LogP contribution in [0, 0.1) is 20.8 Å². The molecule has 2 aromatic heterocycles. The van der Waals surface area contributed by atoms with Gasteiger partial charge in [0, 0.05) is 10.4 Å². The molecule has 26 heavy (non-hydrogen) atoms. The number of halogens is 1. The Hall–Kier alpha value is -2.31. The number of rotatable bonds is 6. The Morgan fingerprint density at radius 1 is 1.27 bits per heavy atom. The molecule has 0 aliphatic rings. The third-order valence-corrected chi connectivity index (χ3v) is 4.76. The SMILES string of the molecule is Cc1nc(-c2ccc(CNC(=O)COc3c(C)cc(Cl)cc3C)o2)cs1. The Morgan fingerprint density at radius 3 is 2.65 bits per heavy atom. The van der Waals surface area contributed by atoms with Crippen LogP contribution in [0.4, 0.5) is 0 Å². The molecule has 0 unspecified atom stereocenters. The fourth-order valence-electron chi connectivity index (χ4n) is 2.59. The molecule has 1 aromatic carbocycles. The molecular weight excluding hydrogens is 372 g/mol. The predicted octanol–water partition coefficient (Wildman–Crippen LogP) is 4.68. The quantitative estimate of drug-likeness (QED) is 0.663. The number of ether oxygens (including phenoxy) is 1. The molecule has 0 aliphatic carbocycles. The zero-order valence-corrected chi connectivity index (χ0v) is 16.3. The highest BCUT2D eigenvalue weighted by molar-refractivity contribution is 7.09. The van der Waals surface area contributed by atoms with Gasteiger partial charge in [0.25, 0.3) is 5.91 Å². The van der Waals surface area contributed by atoms with Crippen molar-refractivity contribution < 1.29 is 13.9 Å². The summed E-state index contributed by atoms with van der Waals surface area (Å²) in [5.41, 5.74) is 2.61. The van der Waals surface area contributed by atoms with Crippen LogP contribution in [0.25, 0.3) is 11.5 Å². The maximum atomic E-state index is 12.0. The van der Waals surface area contributed by atoms with Gasteiger partial charge in [0.2, 0.25) is 0 Å². The van der Waals surface area contributed by atoms with Crippen LogP contribution < -0.4 is 10.1 Å². The Bertz CT molecular complexity index is 910. The standard InChI is InChI=1S/C19H19ClN2O3S/c1-11-6-14(20)7-12(2)19(11)24-9-18(23)21-8-15-4-5-17(25-15)16-10-26-13(3)22-16/h4-7,10H,8-9H2,1-3H3,(H,21,23). The minimum absolute atomic E-state index is 0.0673. The third kappa shape index (κ3) is 4.45. The summed E-state index contributed by atoms with van der Waals surface area (Å²) in [5, 5.41) is 6.37. The average Bonchev–Trinajstić information content (AvgIpc) is 3.20. The summed E-state index contributed by atoms with van der Waals surface area (Å²) in [6.07, 6.45) is 0. The van der Waals surface area contributed by atoms with E-state index >= 15 is 0 Å². The highest BCUT2D eigenvalue weighted by Crippen LogP contribution is 2.27. The second-order valence-electron chi connectivity index (χ2n) is 5.95. The van der Waals surface area contributed by atoms with Crippen LogP contribution in [0.5, 0.6) is 5.75 Å². The second kappa shape index (κ2) is 7.93. The van der Waals surface area contributed by atoms with E-state index in [1.54, 1.807) is 11.3 Å². The molecule has 0 saturated heterocycles. The Labute approximate surface area is 161 Å². The van der Waals surface area contributed by atoms with Crippen LogP contribution in [0.15, 0.2) is 34.1 Å². The Balaban J connectivity index is 1.53. The van der Waals surface area contributed by atoms with Crippen molar-refractivity contribution in [3.8, 4) is 17.2 Å². The fourth-order valence-corrected chi connectivity index (χ4v) is 3.52. The van der Waals surface area contributed by atoms with Crippen molar-refractivity contribution in [3.05, 3.63) is 56.6 Å². The highest BCUT2D eigenvalue weighted by Gasteiger charge is 2.11. The molecule has 0 saturated carbocycles. The molecule has 0 aliphatic heterocycles. The van der Waals surface area contributed by atoms with Gasteiger partial charge in [-0.1, -0.05) is 11.6 Å². The number of carbonyl (C=O) groups excluding carboxylic acids is 1. The maximum absolute atomic E-state index is 12.0. The smallest absolute Gasteiger partial charge is 0.258 e. The van der Waals surface area contributed by atoms with Gasteiger partial charge in [-0.25, -0.2) is 4.98 Å². The maximum Gasteiger partial charge on any atom is 0.258 e. The number of hydrogen-bond donors (Lipinski definition) is 1. The molecule has 5 nitrogen and oxygen atoms in total.